The summed E-state index contributed by atoms with van der Waals surface area (Å²) in [5.74, 6) is 1.95. The van der Waals surface area contributed by atoms with Gasteiger partial charge in [0.05, 0.1) is 13.2 Å². The Kier molecular flexibility index (Phi) is 6.14. The Hall–Kier alpha value is -0.940. The van der Waals surface area contributed by atoms with Crippen LogP contribution in [0.25, 0.3) is 0 Å². The lowest BCUT2D eigenvalue weighted by molar-refractivity contribution is 0.103. The van der Waals surface area contributed by atoms with E-state index >= 15 is 0 Å². The van der Waals surface area contributed by atoms with E-state index in [2.05, 4.69) is 47.4 Å². The fourth-order valence-corrected chi connectivity index (χ4v) is 2.48. The number of likely N-dealkylation sites (N-methyl/N-ethyl adjacent to an activating group) is 1. The Balaban J connectivity index is 2.75. The predicted molar refractivity (Wildman–Crippen MR) is 81.5 cm³/mol. The van der Waals surface area contributed by atoms with Crippen molar-refractivity contribution in [1.82, 2.24) is 19.7 Å². The zero-order valence-electron chi connectivity index (χ0n) is 13.8. The van der Waals surface area contributed by atoms with Gasteiger partial charge >= 0.3 is 0 Å². The molecule has 0 bridgehead atoms. The van der Waals surface area contributed by atoms with Gasteiger partial charge in [0.2, 0.25) is 0 Å². The zero-order valence-corrected chi connectivity index (χ0v) is 13.8. The van der Waals surface area contributed by atoms with Gasteiger partial charge in [0, 0.05) is 12.6 Å². The maximum Gasteiger partial charge on any atom is 0.147 e. The molecule has 1 N–H and O–H groups in total. The Labute approximate surface area is 123 Å². The highest BCUT2D eigenvalue weighted by Gasteiger charge is 2.23. The molecule has 0 saturated heterocycles. The minimum atomic E-state index is 0.155. The highest BCUT2D eigenvalue weighted by molar-refractivity contribution is 4.94. The molecule has 0 aliphatic carbocycles. The zero-order chi connectivity index (χ0) is 15.3. The summed E-state index contributed by atoms with van der Waals surface area (Å²) < 4.78 is 2.17. The van der Waals surface area contributed by atoms with E-state index in [0.717, 1.165) is 37.6 Å². The first-order valence-electron chi connectivity index (χ1n) is 7.48. The number of rotatable bonds is 7. The van der Waals surface area contributed by atoms with Crippen molar-refractivity contribution in [3.8, 4) is 0 Å². The van der Waals surface area contributed by atoms with Crippen LogP contribution in [0, 0.1) is 12.3 Å². The number of aliphatic hydroxyl groups excluding tert-OH is 1. The Morgan fingerprint density at radius 1 is 1.30 bits per heavy atom. The van der Waals surface area contributed by atoms with E-state index in [9.17, 15) is 5.11 Å². The maximum atomic E-state index is 9.63. The molecular weight excluding hydrogens is 252 g/mol. The number of aryl methyl sites for hydroxylation is 1. The van der Waals surface area contributed by atoms with Gasteiger partial charge in [0.25, 0.3) is 0 Å². The van der Waals surface area contributed by atoms with Gasteiger partial charge in [0.15, 0.2) is 0 Å². The van der Waals surface area contributed by atoms with Crippen LogP contribution in [0.3, 0.4) is 0 Å². The van der Waals surface area contributed by atoms with Crippen LogP contribution in [0.2, 0.25) is 0 Å². The van der Waals surface area contributed by atoms with Crippen LogP contribution in [0.15, 0.2) is 0 Å². The highest BCUT2D eigenvalue weighted by atomic mass is 16.3. The summed E-state index contributed by atoms with van der Waals surface area (Å²) in [5.41, 5.74) is 0.203. The largest absolute Gasteiger partial charge is 0.395 e. The number of aromatic nitrogens is 3. The van der Waals surface area contributed by atoms with Gasteiger partial charge in [-0.2, -0.15) is 0 Å². The van der Waals surface area contributed by atoms with Crippen molar-refractivity contribution in [2.75, 3.05) is 13.7 Å². The molecule has 1 aromatic heterocycles. The van der Waals surface area contributed by atoms with E-state index in [1.165, 1.54) is 0 Å². The van der Waals surface area contributed by atoms with Crippen LogP contribution < -0.4 is 0 Å². The molecule has 116 valence electrons. The van der Waals surface area contributed by atoms with Crippen LogP contribution in [0.4, 0.5) is 0 Å². The monoisotopic (exact) mass is 282 g/mol. The maximum absolute atomic E-state index is 9.63. The summed E-state index contributed by atoms with van der Waals surface area (Å²) in [6.45, 7) is 12.6. The van der Waals surface area contributed by atoms with Crippen molar-refractivity contribution in [2.45, 2.75) is 66.6 Å². The van der Waals surface area contributed by atoms with Gasteiger partial charge in [0.1, 0.15) is 11.6 Å². The van der Waals surface area contributed by atoms with Crippen LogP contribution in [0.5, 0.6) is 0 Å². The minimum Gasteiger partial charge on any atom is -0.395 e. The van der Waals surface area contributed by atoms with Gasteiger partial charge < -0.3 is 9.67 Å². The minimum absolute atomic E-state index is 0.155. The molecule has 5 heteroatoms. The third-order valence-electron chi connectivity index (χ3n) is 3.53. The van der Waals surface area contributed by atoms with Crippen molar-refractivity contribution in [1.29, 1.82) is 0 Å². The molecule has 0 saturated carbocycles. The number of hydrogen-bond acceptors (Lipinski definition) is 4. The molecular formula is C15H30N4O. The third-order valence-corrected chi connectivity index (χ3v) is 3.53. The molecule has 0 radical (unpaired) electrons. The van der Waals surface area contributed by atoms with Crippen LogP contribution in [-0.4, -0.2) is 44.5 Å². The molecule has 1 rings (SSSR count). The standard InChI is InChI=1S/C15H30N4O/c1-7-8-19-12(2)16-17-14(19)10-18(6)13(11-20)9-15(3,4)5/h13,20H,7-11H2,1-6H3. The topological polar surface area (TPSA) is 54.2 Å². The smallest absolute Gasteiger partial charge is 0.147 e. The summed E-state index contributed by atoms with van der Waals surface area (Å²) >= 11 is 0. The Morgan fingerprint density at radius 3 is 2.45 bits per heavy atom. The average Bonchev–Trinajstić information content (AvgIpc) is 2.68. The van der Waals surface area contributed by atoms with E-state index in [4.69, 9.17) is 0 Å². The van der Waals surface area contributed by atoms with Gasteiger partial charge in [-0.15, -0.1) is 10.2 Å². The van der Waals surface area contributed by atoms with Crippen LogP contribution in [-0.2, 0) is 13.1 Å². The first-order chi connectivity index (χ1) is 9.28. The molecule has 5 nitrogen and oxygen atoms in total. The lowest BCUT2D eigenvalue weighted by Gasteiger charge is -2.31. The van der Waals surface area contributed by atoms with E-state index in [-0.39, 0.29) is 18.1 Å². The quantitative estimate of drug-likeness (QED) is 0.833. The Morgan fingerprint density at radius 2 is 1.95 bits per heavy atom. The molecule has 0 aromatic carbocycles. The van der Waals surface area contributed by atoms with E-state index in [1.807, 2.05) is 14.0 Å². The molecule has 20 heavy (non-hydrogen) atoms. The van der Waals surface area contributed by atoms with Crippen molar-refractivity contribution in [3.63, 3.8) is 0 Å². The fraction of sp³-hybridized carbons (Fsp3) is 0.867. The van der Waals surface area contributed by atoms with Gasteiger partial charge in [-0.05, 0) is 32.2 Å². The number of aliphatic hydroxyl groups is 1. The highest BCUT2D eigenvalue weighted by Crippen LogP contribution is 2.23. The normalized spacial score (nSPS) is 14.0. The number of nitrogens with zero attached hydrogens (tertiary/aromatic N) is 4. The molecule has 0 spiro atoms. The second kappa shape index (κ2) is 7.18. The lowest BCUT2D eigenvalue weighted by Crippen LogP contribution is -2.38. The number of hydrogen-bond donors (Lipinski definition) is 1. The second-order valence-corrected chi connectivity index (χ2v) is 6.83. The van der Waals surface area contributed by atoms with Gasteiger partial charge in [-0.25, -0.2) is 0 Å². The molecule has 1 unspecified atom stereocenters. The SMILES string of the molecule is CCCn1c(C)nnc1CN(C)C(CO)CC(C)(C)C. The first-order valence-corrected chi connectivity index (χ1v) is 7.48. The predicted octanol–water partition coefficient (Wildman–Crippen LogP) is 2.23. The Bertz CT molecular complexity index is 408. The van der Waals surface area contributed by atoms with E-state index < -0.39 is 0 Å². The first kappa shape index (κ1) is 17.1. The molecule has 1 heterocycles. The van der Waals surface area contributed by atoms with Crippen molar-refractivity contribution in [3.05, 3.63) is 11.6 Å². The van der Waals surface area contributed by atoms with Gasteiger partial charge in [-0.1, -0.05) is 27.7 Å². The second-order valence-electron chi connectivity index (χ2n) is 6.83. The van der Waals surface area contributed by atoms with E-state index in [0.29, 0.717) is 0 Å². The average molecular weight is 282 g/mol. The summed E-state index contributed by atoms with van der Waals surface area (Å²) in [7, 11) is 2.05. The summed E-state index contributed by atoms with van der Waals surface area (Å²) in [5, 5.41) is 18.1. The molecule has 0 amide bonds. The molecule has 0 aliphatic heterocycles. The molecule has 0 aliphatic rings. The summed E-state index contributed by atoms with van der Waals surface area (Å²) in [4.78, 5) is 2.18. The third kappa shape index (κ3) is 4.87. The summed E-state index contributed by atoms with van der Waals surface area (Å²) in [6, 6.07) is 0.155. The molecule has 1 aromatic rings. The van der Waals surface area contributed by atoms with Crippen molar-refractivity contribution < 1.29 is 5.11 Å². The molecule has 0 fully saturated rings. The molecule has 1 atom stereocenters. The van der Waals surface area contributed by atoms with Crippen molar-refractivity contribution in [2.24, 2.45) is 5.41 Å². The van der Waals surface area contributed by atoms with E-state index in [1.54, 1.807) is 0 Å². The lowest BCUT2D eigenvalue weighted by atomic mass is 9.88. The summed E-state index contributed by atoms with van der Waals surface area (Å²) in [6.07, 6.45) is 2.03. The fourth-order valence-electron chi connectivity index (χ4n) is 2.48. The van der Waals surface area contributed by atoms with Crippen LogP contribution >= 0.6 is 0 Å². The van der Waals surface area contributed by atoms with Gasteiger partial charge in [-0.3, -0.25) is 4.90 Å². The van der Waals surface area contributed by atoms with Crippen LogP contribution in [0.1, 0.15) is 52.2 Å². The van der Waals surface area contributed by atoms with Crippen molar-refractivity contribution >= 4 is 0 Å².